The summed E-state index contributed by atoms with van der Waals surface area (Å²) in [4.78, 5) is 56.0. The number of ketones is 1. The number of carboxylic acid groups (broad SMARTS) is 1. The summed E-state index contributed by atoms with van der Waals surface area (Å²) >= 11 is 6.27. The molecule has 2 aliphatic carbocycles. The van der Waals surface area contributed by atoms with Crippen molar-refractivity contribution in [2.75, 3.05) is 19.6 Å². The van der Waals surface area contributed by atoms with Crippen LogP contribution in [0.2, 0.25) is 5.02 Å². The number of rotatable bonds is 16. The van der Waals surface area contributed by atoms with Crippen LogP contribution in [0.4, 0.5) is 4.39 Å². The molecule has 1 saturated carbocycles. The summed E-state index contributed by atoms with van der Waals surface area (Å²) in [5.41, 5.74) is 4.17. The molecule has 1 heterocycles. The van der Waals surface area contributed by atoms with Gasteiger partial charge in [-0.1, -0.05) is 63.3 Å². The Morgan fingerprint density at radius 1 is 0.981 bits per heavy atom. The first kappa shape index (κ1) is 41.3. The monoisotopic (exact) mass is 761 g/mol. The first-order valence-electron chi connectivity index (χ1n) is 19.7. The Balaban J connectivity index is 1.25. The molecule has 54 heavy (non-hydrogen) atoms. The van der Waals surface area contributed by atoms with Crippen molar-refractivity contribution in [1.29, 1.82) is 0 Å². The smallest absolute Gasteiger partial charge is 0.305 e. The zero-order chi connectivity index (χ0) is 39.2. The van der Waals surface area contributed by atoms with Crippen LogP contribution in [-0.4, -0.2) is 59.2 Å². The third-order valence-corrected chi connectivity index (χ3v) is 11.7. The van der Waals surface area contributed by atoms with Crippen LogP contribution in [0.1, 0.15) is 113 Å². The molecule has 292 valence electrons. The fraction of sp³-hybridized carbons (Fsp3) is 0.545. The van der Waals surface area contributed by atoms with Gasteiger partial charge in [-0.2, -0.15) is 0 Å². The lowest BCUT2D eigenvalue weighted by Crippen LogP contribution is -2.54. The van der Waals surface area contributed by atoms with Crippen LogP contribution in [0.15, 0.2) is 48.1 Å². The van der Waals surface area contributed by atoms with Crippen molar-refractivity contribution in [3.8, 4) is 11.1 Å². The van der Waals surface area contributed by atoms with Gasteiger partial charge in [0.15, 0.2) is 5.78 Å². The molecule has 1 aliphatic heterocycles. The van der Waals surface area contributed by atoms with Gasteiger partial charge in [-0.15, -0.1) is 0 Å². The number of hydrogen-bond acceptors (Lipinski definition) is 5. The molecule has 5 rings (SSSR count). The van der Waals surface area contributed by atoms with E-state index >= 15 is 4.39 Å². The van der Waals surface area contributed by atoms with E-state index in [4.69, 9.17) is 11.6 Å². The Hall–Kier alpha value is -3.82. The van der Waals surface area contributed by atoms with Crippen LogP contribution >= 0.6 is 11.6 Å². The van der Waals surface area contributed by atoms with Gasteiger partial charge in [0.25, 0.3) is 5.91 Å². The van der Waals surface area contributed by atoms with Gasteiger partial charge in [0.2, 0.25) is 5.91 Å². The van der Waals surface area contributed by atoms with E-state index in [1.807, 2.05) is 45.9 Å². The van der Waals surface area contributed by atoms with Crippen LogP contribution < -0.4 is 10.6 Å². The number of carbonyl (C=O) groups is 4. The van der Waals surface area contributed by atoms with E-state index in [-0.39, 0.29) is 35.2 Å². The fourth-order valence-corrected chi connectivity index (χ4v) is 9.17. The molecule has 0 bridgehead atoms. The van der Waals surface area contributed by atoms with Crippen LogP contribution in [0.25, 0.3) is 11.1 Å². The lowest BCUT2D eigenvalue weighted by atomic mass is 9.78. The molecule has 3 aliphatic rings. The highest BCUT2D eigenvalue weighted by atomic mass is 35.5. The number of carbonyl (C=O) groups excluding carboxylic acids is 3. The summed E-state index contributed by atoms with van der Waals surface area (Å²) in [5.74, 6) is -3.75. The summed E-state index contributed by atoms with van der Waals surface area (Å²) in [5, 5.41) is 16.0. The fourth-order valence-electron chi connectivity index (χ4n) is 8.84. The van der Waals surface area contributed by atoms with Crippen LogP contribution in [-0.2, 0) is 19.2 Å². The maximum absolute atomic E-state index is 15.9. The van der Waals surface area contributed by atoms with Gasteiger partial charge in [0.1, 0.15) is 11.9 Å². The first-order valence-corrected chi connectivity index (χ1v) is 20.1. The number of unbranched alkanes of at least 4 members (excludes halogenated alkanes) is 2. The molecule has 2 aromatic rings. The van der Waals surface area contributed by atoms with Gasteiger partial charge in [0, 0.05) is 29.6 Å². The number of nitrogens with zero attached hydrogens (tertiary/aromatic N) is 1. The maximum Gasteiger partial charge on any atom is 0.305 e. The minimum Gasteiger partial charge on any atom is -0.481 e. The number of carboxylic acids is 1. The van der Waals surface area contributed by atoms with Gasteiger partial charge >= 0.3 is 5.97 Å². The van der Waals surface area contributed by atoms with Crippen LogP contribution in [0.3, 0.4) is 0 Å². The van der Waals surface area contributed by atoms with Gasteiger partial charge in [-0.25, -0.2) is 4.39 Å². The number of benzene rings is 2. The predicted molar refractivity (Wildman–Crippen MR) is 212 cm³/mol. The molecular formula is C44H57ClFN3O5. The Morgan fingerprint density at radius 3 is 2.31 bits per heavy atom. The molecule has 2 amide bonds. The second-order valence-corrected chi connectivity index (χ2v) is 16.9. The molecule has 0 aromatic heterocycles. The first-order chi connectivity index (χ1) is 25.7. The predicted octanol–water partition coefficient (Wildman–Crippen LogP) is 8.74. The minimum atomic E-state index is -1.23. The molecule has 2 fully saturated rings. The van der Waals surface area contributed by atoms with Crippen molar-refractivity contribution in [2.45, 2.75) is 117 Å². The lowest BCUT2D eigenvalue weighted by molar-refractivity contribution is -0.138. The standard InChI is InChI=1S/C44H57ClFN3O5/c1-27(2)19-37(43(54)47-36(24-38(50)51)35-23-32(20-30(5)40(35)46)39-28(3)21-33(45)22-29(39)4)48-42(53)34-15-9-8-14-31(41(34)52)13-7-6-12-18-49-25-44(26-49)16-10-11-17-44/h8-9,15,20-23,27,31,36-37H,6-7,10-14,16-19,24-26H2,1-5H3,(H,47,54)(H,48,53)(H,50,51)/t31?,36-,37-/m0/s1. The zero-order valence-electron chi connectivity index (χ0n) is 32.5. The van der Waals surface area contributed by atoms with E-state index in [1.165, 1.54) is 44.8 Å². The minimum absolute atomic E-state index is 0.00269. The van der Waals surface area contributed by atoms with Crippen molar-refractivity contribution in [1.82, 2.24) is 15.5 Å². The number of Topliss-reactive ketones (excluding diaryl/α,β-unsaturated/α-hetero) is 1. The third-order valence-electron chi connectivity index (χ3n) is 11.5. The summed E-state index contributed by atoms with van der Waals surface area (Å²) in [6.07, 6.45) is 14.5. The molecule has 8 nitrogen and oxygen atoms in total. The van der Waals surface area contributed by atoms with Crippen molar-refractivity contribution in [3.63, 3.8) is 0 Å². The number of aliphatic carboxylic acids is 1. The topological polar surface area (TPSA) is 116 Å². The zero-order valence-corrected chi connectivity index (χ0v) is 33.3. The van der Waals surface area contributed by atoms with Crippen molar-refractivity contribution < 1.29 is 28.7 Å². The highest BCUT2D eigenvalue weighted by molar-refractivity contribution is 6.30. The highest BCUT2D eigenvalue weighted by Crippen LogP contribution is 2.45. The van der Waals surface area contributed by atoms with Crippen molar-refractivity contribution in [3.05, 3.63) is 81.2 Å². The second kappa shape index (κ2) is 18.2. The average Bonchev–Trinajstić information content (AvgIpc) is 3.49. The van der Waals surface area contributed by atoms with E-state index in [2.05, 4.69) is 15.5 Å². The van der Waals surface area contributed by atoms with E-state index < -0.39 is 42.1 Å². The van der Waals surface area contributed by atoms with Crippen molar-refractivity contribution >= 4 is 35.2 Å². The Kier molecular flexibility index (Phi) is 13.9. The molecule has 3 N–H and O–H groups in total. The van der Waals surface area contributed by atoms with Crippen molar-refractivity contribution in [2.24, 2.45) is 17.3 Å². The Morgan fingerprint density at radius 2 is 1.67 bits per heavy atom. The molecule has 2 aromatic carbocycles. The van der Waals surface area contributed by atoms with Crippen LogP contribution in [0, 0.1) is 43.8 Å². The number of hydrogen-bond donors (Lipinski definition) is 3. The number of halogens is 2. The van der Waals surface area contributed by atoms with Gasteiger partial charge in [-0.05, 0) is 135 Å². The average molecular weight is 762 g/mol. The quantitative estimate of drug-likeness (QED) is 0.116. The molecule has 1 saturated heterocycles. The number of allylic oxidation sites excluding steroid dienone is 3. The molecule has 10 heteroatoms. The molecule has 0 radical (unpaired) electrons. The SMILES string of the molecule is Cc1cc(-c2c(C)cc(Cl)cc2C)cc([C@H](CC(=O)O)NC(=O)[C@H](CC(C)C)NC(=O)C2=CC=CCC(CCCCCN3CC4(CCCC4)C3)C2=O)c1F. The van der Waals surface area contributed by atoms with Gasteiger partial charge in [-0.3, -0.25) is 19.2 Å². The molecule has 3 atom stereocenters. The molecule has 1 unspecified atom stereocenters. The second-order valence-electron chi connectivity index (χ2n) is 16.5. The molecular weight excluding hydrogens is 705 g/mol. The summed E-state index contributed by atoms with van der Waals surface area (Å²) in [7, 11) is 0. The highest BCUT2D eigenvalue weighted by Gasteiger charge is 2.44. The maximum atomic E-state index is 15.9. The summed E-state index contributed by atoms with van der Waals surface area (Å²) in [6, 6.07) is 4.57. The van der Waals surface area contributed by atoms with E-state index in [1.54, 1.807) is 25.1 Å². The lowest BCUT2D eigenvalue weighted by Gasteiger charge is -2.48. The van der Waals surface area contributed by atoms with Gasteiger partial charge < -0.3 is 20.6 Å². The Labute approximate surface area is 325 Å². The Bertz CT molecular complexity index is 1770. The normalized spacial score (nSPS) is 19.3. The van der Waals surface area contributed by atoms with Crippen LogP contribution in [0.5, 0.6) is 0 Å². The number of likely N-dealkylation sites (tertiary alicyclic amines) is 1. The molecule has 1 spiro atoms. The summed E-state index contributed by atoms with van der Waals surface area (Å²) < 4.78 is 15.9. The number of aryl methyl sites for hydroxylation is 3. The largest absolute Gasteiger partial charge is 0.481 e. The summed E-state index contributed by atoms with van der Waals surface area (Å²) in [6.45, 7) is 12.7. The van der Waals surface area contributed by atoms with E-state index in [0.29, 0.717) is 34.4 Å². The van der Waals surface area contributed by atoms with Gasteiger partial charge in [0.05, 0.1) is 18.0 Å². The van der Waals surface area contributed by atoms with E-state index in [9.17, 15) is 24.3 Å². The van der Waals surface area contributed by atoms with E-state index in [0.717, 1.165) is 42.5 Å². The third kappa shape index (κ3) is 10.3. The number of nitrogens with one attached hydrogen (secondary N) is 2. The number of amides is 2.